The van der Waals surface area contributed by atoms with E-state index in [1.165, 1.54) is 6.33 Å². The Hall–Kier alpha value is -3.28. The highest BCUT2D eigenvalue weighted by atomic mass is 16.7. The van der Waals surface area contributed by atoms with E-state index in [4.69, 9.17) is 9.47 Å². The minimum absolute atomic E-state index is 0.284. The Morgan fingerprint density at radius 2 is 1.71 bits per heavy atom. The van der Waals surface area contributed by atoms with E-state index in [9.17, 15) is 0 Å². The average molecular weight is 320 g/mol. The van der Waals surface area contributed by atoms with Crippen molar-refractivity contribution in [2.75, 3.05) is 17.4 Å². The number of aromatic nitrogens is 2. The van der Waals surface area contributed by atoms with Crippen LogP contribution < -0.4 is 20.1 Å². The lowest BCUT2D eigenvalue weighted by atomic mass is 10.2. The molecule has 1 aromatic heterocycles. The summed E-state index contributed by atoms with van der Waals surface area (Å²) in [5.41, 5.74) is 2.08. The predicted molar refractivity (Wildman–Crippen MR) is 91.6 cm³/mol. The fourth-order valence-electron chi connectivity index (χ4n) is 2.44. The second kappa shape index (κ2) is 6.45. The number of nitrogens with one attached hydrogen (secondary N) is 2. The number of fused-ring (bicyclic) bond motifs is 1. The average Bonchev–Trinajstić information content (AvgIpc) is 3.09. The first-order valence-electron chi connectivity index (χ1n) is 7.63. The molecule has 0 saturated heterocycles. The maximum Gasteiger partial charge on any atom is 0.231 e. The molecule has 2 aromatic carbocycles. The number of rotatable bonds is 5. The zero-order valence-electron chi connectivity index (χ0n) is 12.9. The van der Waals surface area contributed by atoms with Crippen LogP contribution in [0, 0.1) is 0 Å². The summed E-state index contributed by atoms with van der Waals surface area (Å²) in [6, 6.07) is 17.7. The molecule has 4 rings (SSSR count). The van der Waals surface area contributed by atoms with Crippen molar-refractivity contribution in [1.82, 2.24) is 9.97 Å². The highest BCUT2D eigenvalue weighted by molar-refractivity contribution is 5.58. The number of hydrogen-bond donors (Lipinski definition) is 2. The van der Waals surface area contributed by atoms with Crippen LogP contribution >= 0.6 is 0 Å². The Balaban J connectivity index is 1.42. The summed E-state index contributed by atoms with van der Waals surface area (Å²) < 4.78 is 10.7. The Labute approximate surface area is 139 Å². The van der Waals surface area contributed by atoms with Crippen LogP contribution in [0.2, 0.25) is 0 Å². The van der Waals surface area contributed by atoms with E-state index in [2.05, 4.69) is 20.6 Å². The smallest absolute Gasteiger partial charge is 0.231 e. The van der Waals surface area contributed by atoms with Gasteiger partial charge in [0.2, 0.25) is 6.79 Å². The van der Waals surface area contributed by atoms with Gasteiger partial charge in [-0.05, 0) is 29.8 Å². The first-order chi connectivity index (χ1) is 11.9. The standard InChI is InChI=1S/C18H16N4O2/c1-2-4-14(5-3-1)22-18-9-17(20-11-21-18)19-10-13-6-7-15-16(8-13)24-12-23-15/h1-9,11H,10,12H2,(H2,19,20,21,22). The molecule has 0 unspecified atom stereocenters. The second-order valence-corrected chi connectivity index (χ2v) is 5.32. The van der Waals surface area contributed by atoms with E-state index in [1.54, 1.807) is 0 Å². The summed E-state index contributed by atoms with van der Waals surface area (Å²) in [4.78, 5) is 8.49. The molecule has 0 fully saturated rings. The summed E-state index contributed by atoms with van der Waals surface area (Å²) >= 11 is 0. The van der Waals surface area contributed by atoms with Crippen LogP contribution in [0.5, 0.6) is 11.5 Å². The monoisotopic (exact) mass is 320 g/mol. The highest BCUT2D eigenvalue weighted by Crippen LogP contribution is 2.32. The van der Waals surface area contributed by atoms with Gasteiger partial charge in [0.1, 0.15) is 18.0 Å². The molecule has 0 spiro atoms. The van der Waals surface area contributed by atoms with Gasteiger partial charge < -0.3 is 20.1 Å². The van der Waals surface area contributed by atoms with Gasteiger partial charge in [0, 0.05) is 18.3 Å². The molecule has 1 aliphatic rings. The molecule has 1 aliphatic heterocycles. The molecule has 0 atom stereocenters. The lowest BCUT2D eigenvalue weighted by Crippen LogP contribution is -2.03. The molecule has 3 aromatic rings. The number of hydrogen-bond acceptors (Lipinski definition) is 6. The van der Waals surface area contributed by atoms with Crippen LogP contribution in [0.3, 0.4) is 0 Å². The van der Waals surface area contributed by atoms with Gasteiger partial charge in [-0.2, -0.15) is 0 Å². The molecular formula is C18H16N4O2. The summed E-state index contributed by atoms with van der Waals surface area (Å²) in [7, 11) is 0. The number of anilines is 3. The van der Waals surface area contributed by atoms with E-state index in [0.29, 0.717) is 6.54 Å². The van der Waals surface area contributed by atoms with E-state index >= 15 is 0 Å². The van der Waals surface area contributed by atoms with Gasteiger partial charge >= 0.3 is 0 Å². The Morgan fingerprint density at radius 1 is 0.875 bits per heavy atom. The number of ether oxygens (including phenoxy) is 2. The molecule has 0 amide bonds. The second-order valence-electron chi connectivity index (χ2n) is 5.32. The van der Waals surface area contributed by atoms with Gasteiger partial charge in [0.25, 0.3) is 0 Å². The summed E-state index contributed by atoms with van der Waals surface area (Å²) in [5, 5.41) is 6.54. The Kier molecular flexibility index (Phi) is 3.85. The molecule has 2 heterocycles. The van der Waals surface area contributed by atoms with Crippen LogP contribution in [0.1, 0.15) is 5.56 Å². The largest absolute Gasteiger partial charge is 0.454 e. The van der Waals surface area contributed by atoms with E-state index in [-0.39, 0.29) is 6.79 Å². The summed E-state index contributed by atoms with van der Waals surface area (Å²) in [6.07, 6.45) is 1.53. The van der Waals surface area contributed by atoms with Gasteiger partial charge in [-0.25, -0.2) is 9.97 Å². The van der Waals surface area contributed by atoms with Crippen LogP contribution in [-0.2, 0) is 6.54 Å². The zero-order valence-corrected chi connectivity index (χ0v) is 12.9. The minimum atomic E-state index is 0.284. The number of benzene rings is 2. The fraction of sp³-hybridized carbons (Fsp3) is 0.111. The third-order valence-corrected chi connectivity index (χ3v) is 3.62. The normalized spacial score (nSPS) is 12.0. The quantitative estimate of drug-likeness (QED) is 0.749. The van der Waals surface area contributed by atoms with E-state index < -0.39 is 0 Å². The minimum Gasteiger partial charge on any atom is -0.454 e. The molecule has 2 N–H and O–H groups in total. The van der Waals surface area contributed by atoms with Gasteiger partial charge in [0.15, 0.2) is 11.5 Å². The maximum absolute atomic E-state index is 5.39. The molecule has 0 radical (unpaired) electrons. The zero-order chi connectivity index (χ0) is 16.2. The molecule has 0 saturated carbocycles. The lowest BCUT2D eigenvalue weighted by molar-refractivity contribution is 0.174. The number of nitrogens with zero attached hydrogens (tertiary/aromatic N) is 2. The van der Waals surface area contributed by atoms with Crippen molar-refractivity contribution in [2.24, 2.45) is 0 Å². The summed E-state index contributed by atoms with van der Waals surface area (Å²) in [6.45, 7) is 0.922. The molecule has 6 nitrogen and oxygen atoms in total. The predicted octanol–water partition coefficient (Wildman–Crippen LogP) is 3.56. The molecule has 6 heteroatoms. The molecule has 0 aliphatic carbocycles. The van der Waals surface area contributed by atoms with Crippen LogP contribution in [-0.4, -0.2) is 16.8 Å². The van der Waals surface area contributed by atoms with E-state index in [0.717, 1.165) is 34.4 Å². The van der Waals surface area contributed by atoms with Gasteiger partial charge in [-0.1, -0.05) is 24.3 Å². The SMILES string of the molecule is c1ccc(Nc2cc(NCc3ccc4c(c3)OCO4)ncn2)cc1. The van der Waals surface area contributed by atoms with Crippen molar-refractivity contribution in [3.05, 3.63) is 66.5 Å². The van der Waals surface area contributed by atoms with Crippen molar-refractivity contribution in [3.63, 3.8) is 0 Å². The molecule has 0 bridgehead atoms. The van der Waals surface area contributed by atoms with Crippen LogP contribution in [0.15, 0.2) is 60.9 Å². The maximum atomic E-state index is 5.39. The first kappa shape index (κ1) is 14.3. The van der Waals surface area contributed by atoms with Gasteiger partial charge in [0.05, 0.1) is 0 Å². The molecule has 120 valence electrons. The molecule has 24 heavy (non-hydrogen) atoms. The fourth-order valence-corrected chi connectivity index (χ4v) is 2.44. The summed E-state index contributed by atoms with van der Waals surface area (Å²) in [5.74, 6) is 3.06. The first-order valence-corrected chi connectivity index (χ1v) is 7.63. The topological polar surface area (TPSA) is 68.3 Å². The van der Waals surface area contributed by atoms with Crippen LogP contribution in [0.4, 0.5) is 17.3 Å². The van der Waals surface area contributed by atoms with Crippen molar-refractivity contribution >= 4 is 17.3 Å². The Bertz CT molecular complexity index is 839. The molecular weight excluding hydrogens is 304 g/mol. The van der Waals surface area contributed by atoms with Crippen molar-refractivity contribution < 1.29 is 9.47 Å². The highest BCUT2D eigenvalue weighted by Gasteiger charge is 2.13. The van der Waals surface area contributed by atoms with Crippen molar-refractivity contribution in [3.8, 4) is 11.5 Å². The van der Waals surface area contributed by atoms with Crippen molar-refractivity contribution in [1.29, 1.82) is 0 Å². The van der Waals surface area contributed by atoms with Crippen LogP contribution in [0.25, 0.3) is 0 Å². The van der Waals surface area contributed by atoms with Crippen molar-refractivity contribution in [2.45, 2.75) is 6.54 Å². The third-order valence-electron chi connectivity index (χ3n) is 3.62. The van der Waals surface area contributed by atoms with E-state index in [1.807, 2.05) is 54.6 Å². The number of para-hydroxylation sites is 1. The third kappa shape index (κ3) is 3.22. The van der Waals surface area contributed by atoms with Gasteiger partial charge in [-0.3, -0.25) is 0 Å². The lowest BCUT2D eigenvalue weighted by Gasteiger charge is -2.09. The van der Waals surface area contributed by atoms with Gasteiger partial charge in [-0.15, -0.1) is 0 Å². The Morgan fingerprint density at radius 3 is 2.62 bits per heavy atom.